The number of nitrogens with two attached hydrogens (primary N) is 1. The molecule has 1 heterocycles. The van der Waals surface area contributed by atoms with Gasteiger partial charge < -0.3 is 16.0 Å². The Morgan fingerprint density at radius 1 is 1.29 bits per heavy atom. The summed E-state index contributed by atoms with van der Waals surface area (Å²) in [5.41, 5.74) is 3.92. The van der Waals surface area contributed by atoms with Crippen molar-refractivity contribution < 1.29 is 22.9 Å². The molecule has 11 heteroatoms. The van der Waals surface area contributed by atoms with E-state index >= 15 is 0 Å². The summed E-state index contributed by atoms with van der Waals surface area (Å²) in [5, 5.41) is 14.1. The average molecular weight is 425 g/mol. The van der Waals surface area contributed by atoms with Crippen molar-refractivity contribution in [1.82, 2.24) is 5.32 Å². The maximum atomic E-state index is 12.8. The molecule has 1 aromatic rings. The first-order valence-corrected chi connectivity index (χ1v) is 8.82. The van der Waals surface area contributed by atoms with Gasteiger partial charge in [0.1, 0.15) is 5.69 Å². The number of piperidine rings is 1. The molecule has 0 unspecified atom stereocenters. The number of anilines is 1. The maximum Gasteiger partial charge on any atom is 0.416 e. The molecule has 1 amide bonds. The van der Waals surface area contributed by atoms with Crippen molar-refractivity contribution in [3.63, 3.8) is 0 Å². The van der Waals surface area contributed by atoms with Gasteiger partial charge in [0.05, 0.1) is 10.5 Å². The van der Waals surface area contributed by atoms with E-state index in [1.165, 1.54) is 0 Å². The molecule has 3 N–H and O–H groups in total. The molecule has 1 aliphatic heterocycles. The van der Waals surface area contributed by atoms with E-state index in [0.29, 0.717) is 45.1 Å². The topological polar surface area (TPSA) is 102 Å². The minimum atomic E-state index is -4.64. The number of hydrogen-bond acceptors (Lipinski definition) is 5. The Labute approximate surface area is 167 Å². The molecular formula is C17H24ClF3N4O3. The number of nitrogens with one attached hydrogen (secondary N) is 1. The molecule has 0 aromatic heterocycles. The molecule has 0 radical (unpaired) electrons. The van der Waals surface area contributed by atoms with Gasteiger partial charge in [-0.3, -0.25) is 14.9 Å². The highest BCUT2D eigenvalue weighted by atomic mass is 35.5. The quantitative estimate of drug-likeness (QED) is 0.398. The van der Waals surface area contributed by atoms with Crippen LogP contribution in [0.3, 0.4) is 0 Å². The monoisotopic (exact) mass is 424 g/mol. The van der Waals surface area contributed by atoms with E-state index in [1.54, 1.807) is 4.90 Å². The molecule has 1 saturated heterocycles. The molecule has 0 saturated carbocycles. The van der Waals surface area contributed by atoms with Crippen molar-refractivity contribution in [2.24, 2.45) is 11.7 Å². The van der Waals surface area contributed by atoms with E-state index in [4.69, 9.17) is 5.73 Å². The van der Waals surface area contributed by atoms with Crippen LogP contribution in [0.5, 0.6) is 0 Å². The van der Waals surface area contributed by atoms with E-state index in [9.17, 15) is 28.1 Å². The first-order chi connectivity index (χ1) is 12.7. The van der Waals surface area contributed by atoms with Crippen molar-refractivity contribution in [2.75, 3.05) is 31.1 Å². The first kappa shape index (κ1) is 24.0. The second kappa shape index (κ2) is 10.5. The zero-order valence-electron chi connectivity index (χ0n) is 15.2. The molecule has 158 valence electrons. The molecule has 2 rings (SSSR count). The van der Waals surface area contributed by atoms with Gasteiger partial charge in [-0.25, -0.2) is 0 Å². The van der Waals surface area contributed by atoms with Gasteiger partial charge in [0.15, 0.2) is 0 Å². The summed E-state index contributed by atoms with van der Waals surface area (Å²) in [6.45, 7) is 1.86. The summed E-state index contributed by atoms with van der Waals surface area (Å²) >= 11 is 0. The second-order valence-electron chi connectivity index (χ2n) is 6.51. The van der Waals surface area contributed by atoms with Crippen LogP contribution in [0.25, 0.3) is 0 Å². The van der Waals surface area contributed by atoms with Crippen LogP contribution in [0, 0.1) is 16.0 Å². The van der Waals surface area contributed by atoms with Crippen molar-refractivity contribution in [3.05, 3.63) is 33.9 Å². The number of nitro groups is 1. The first-order valence-electron chi connectivity index (χ1n) is 8.82. The maximum absolute atomic E-state index is 12.8. The Morgan fingerprint density at radius 2 is 1.93 bits per heavy atom. The third-order valence-electron chi connectivity index (χ3n) is 4.64. The lowest BCUT2D eigenvalue weighted by Crippen LogP contribution is -2.41. The summed E-state index contributed by atoms with van der Waals surface area (Å²) in [5.74, 6) is -0.263. The van der Waals surface area contributed by atoms with Crippen molar-refractivity contribution in [1.29, 1.82) is 0 Å². The molecule has 28 heavy (non-hydrogen) atoms. The smallest absolute Gasteiger partial charge is 0.366 e. The third-order valence-corrected chi connectivity index (χ3v) is 4.64. The van der Waals surface area contributed by atoms with Gasteiger partial charge >= 0.3 is 6.18 Å². The van der Waals surface area contributed by atoms with Gasteiger partial charge in [0.25, 0.3) is 5.69 Å². The van der Waals surface area contributed by atoms with Crippen molar-refractivity contribution in [2.45, 2.75) is 31.9 Å². The van der Waals surface area contributed by atoms with E-state index in [2.05, 4.69) is 5.32 Å². The number of alkyl halides is 3. The fourth-order valence-corrected chi connectivity index (χ4v) is 3.12. The summed E-state index contributed by atoms with van der Waals surface area (Å²) in [6.07, 6.45) is -2.03. The number of benzene rings is 1. The molecule has 1 fully saturated rings. The van der Waals surface area contributed by atoms with Crippen molar-refractivity contribution in [3.8, 4) is 0 Å². The van der Waals surface area contributed by atoms with Crippen LogP contribution in [-0.2, 0) is 11.0 Å². The van der Waals surface area contributed by atoms with Gasteiger partial charge in [0, 0.05) is 31.6 Å². The summed E-state index contributed by atoms with van der Waals surface area (Å²) in [6, 6.07) is 2.54. The number of halogens is 4. The van der Waals surface area contributed by atoms with Gasteiger partial charge in [-0.2, -0.15) is 13.2 Å². The summed E-state index contributed by atoms with van der Waals surface area (Å²) in [7, 11) is 0. The zero-order chi connectivity index (χ0) is 20.0. The normalized spacial score (nSPS) is 15.1. The molecule has 0 bridgehead atoms. The van der Waals surface area contributed by atoms with Crippen LogP contribution in [0.4, 0.5) is 24.5 Å². The lowest BCUT2D eigenvalue weighted by molar-refractivity contribution is -0.384. The van der Waals surface area contributed by atoms with Crippen LogP contribution in [0.1, 0.15) is 31.2 Å². The highest BCUT2D eigenvalue weighted by Crippen LogP contribution is 2.37. The SMILES string of the molecule is Cl.NCCCCNC(=O)C1CCN(c2ccc(C(F)(F)F)cc2[N+](=O)[O-])CC1. The molecule has 1 aliphatic rings. The Morgan fingerprint density at radius 3 is 2.46 bits per heavy atom. The van der Waals surface area contributed by atoms with Crippen LogP contribution in [0.15, 0.2) is 18.2 Å². The zero-order valence-corrected chi connectivity index (χ0v) is 16.0. The van der Waals surface area contributed by atoms with E-state index in [1.807, 2.05) is 0 Å². The lowest BCUT2D eigenvalue weighted by Gasteiger charge is -2.32. The fraction of sp³-hybridized carbons (Fsp3) is 0.588. The Kier molecular flexibility index (Phi) is 8.96. The standard InChI is InChI=1S/C17H23F3N4O3.ClH/c18-17(19,20)13-3-4-14(15(11-13)24(26)27)23-9-5-12(6-10-23)16(25)22-8-2-1-7-21;/h3-4,11-12H,1-2,5-10,21H2,(H,22,25);1H. The molecular weight excluding hydrogens is 401 g/mol. The highest BCUT2D eigenvalue weighted by molar-refractivity contribution is 5.85. The second-order valence-corrected chi connectivity index (χ2v) is 6.51. The highest BCUT2D eigenvalue weighted by Gasteiger charge is 2.34. The van der Waals surface area contributed by atoms with E-state index in [0.717, 1.165) is 25.0 Å². The lowest BCUT2D eigenvalue weighted by atomic mass is 9.95. The third kappa shape index (κ3) is 6.23. The average Bonchev–Trinajstić information content (AvgIpc) is 2.64. The fourth-order valence-electron chi connectivity index (χ4n) is 3.12. The number of unbranched alkanes of at least 4 members (excludes halogenated alkanes) is 1. The van der Waals surface area contributed by atoms with Crippen LogP contribution in [-0.4, -0.2) is 37.0 Å². The number of carbonyl (C=O) groups is 1. The number of amides is 1. The molecule has 7 nitrogen and oxygen atoms in total. The minimum absolute atomic E-state index is 0. The number of rotatable bonds is 7. The predicted molar refractivity (Wildman–Crippen MR) is 102 cm³/mol. The Hall–Kier alpha value is -2.07. The largest absolute Gasteiger partial charge is 0.416 e. The predicted octanol–water partition coefficient (Wildman–Crippen LogP) is 3.11. The number of carbonyl (C=O) groups excluding carboxylic acids is 1. The van der Waals surface area contributed by atoms with Crippen molar-refractivity contribution >= 4 is 29.7 Å². The summed E-state index contributed by atoms with van der Waals surface area (Å²) in [4.78, 5) is 24.2. The Balaban J connectivity index is 0.00000392. The summed E-state index contributed by atoms with van der Waals surface area (Å²) < 4.78 is 38.4. The number of hydrogen-bond donors (Lipinski definition) is 2. The van der Waals surface area contributed by atoms with E-state index < -0.39 is 22.4 Å². The molecule has 0 aliphatic carbocycles. The van der Waals surface area contributed by atoms with Crippen LogP contribution in [0.2, 0.25) is 0 Å². The minimum Gasteiger partial charge on any atom is -0.366 e. The van der Waals surface area contributed by atoms with Gasteiger partial charge in [-0.15, -0.1) is 12.4 Å². The molecule has 0 atom stereocenters. The number of nitro benzene ring substituents is 1. The Bertz CT molecular complexity index is 680. The molecule has 1 aromatic carbocycles. The number of nitrogens with zero attached hydrogens (tertiary/aromatic N) is 2. The molecule has 0 spiro atoms. The van der Waals surface area contributed by atoms with Gasteiger partial charge in [-0.05, 0) is 44.4 Å². The van der Waals surface area contributed by atoms with Gasteiger partial charge in [-0.1, -0.05) is 0 Å². The van der Waals surface area contributed by atoms with Crippen LogP contribution < -0.4 is 16.0 Å². The van der Waals surface area contributed by atoms with Crippen LogP contribution >= 0.6 is 12.4 Å². The van der Waals surface area contributed by atoms with E-state index in [-0.39, 0.29) is 29.9 Å². The van der Waals surface area contributed by atoms with Gasteiger partial charge in [0.2, 0.25) is 5.91 Å².